The van der Waals surface area contributed by atoms with Gasteiger partial charge >= 0.3 is 0 Å². The molecule has 0 heterocycles. The Morgan fingerprint density at radius 1 is 1.43 bits per heavy atom. The number of likely N-dealkylation sites (N-methyl/N-ethyl adjacent to an activating group) is 2. The smallest absolute Gasteiger partial charge is 0.0202 e. The van der Waals surface area contributed by atoms with Crippen LogP contribution in [0.5, 0.6) is 0 Å². The van der Waals surface area contributed by atoms with Crippen molar-refractivity contribution in [3.05, 3.63) is 12.2 Å². The van der Waals surface area contributed by atoms with Gasteiger partial charge in [-0.05, 0) is 37.4 Å². The van der Waals surface area contributed by atoms with Gasteiger partial charge in [0.15, 0.2) is 0 Å². The van der Waals surface area contributed by atoms with Crippen LogP contribution in [0.25, 0.3) is 0 Å². The van der Waals surface area contributed by atoms with E-state index in [0.29, 0.717) is 0 Å². The van der Waals surface area contributed by atoms with Crippen molar-refractivity contribution in [1.29, 1.82) is 0 Å². The first-order valence-corrected chi connectivity index (χ1v) is 5.86. The molecule has 0 aromatic rings. The fourth-order valence-electron chi connectivity index (χ4n) is 1.64. The van der Waals surface area contributed by atoms with Gasteiger partial charge in [0.2, 0.25) is 0 Å². The van der Waals surface area contributed by atoms with Gasteiger partial charge in [-0.15, -0.1) is 0 Å². The molecule has 0 saturated heterocycles. The van der Waals surface area contributed by atoms with Crippen molar-refractivity contribution in [2.75, 3.05) is 32.7 Å². The quantitative estimate of drug-likeness (QED) is 0.596. The molecule has 1 aliphatic rings. The minimum atomic E-state index is 0.970. The molecule has 0 aromatic carbocycles. The highest BCUT2D eigenvalue weighted by molar-refractivity contribution is 5.00. The van der Waals surface area contributed by atoms with Crippen LogP contribution in [0.15, 0.2) is 12.2 Å². The molecule has 2 heteroatoms. The van der Waals surface area contributed by atoms with Gasteiger partial charge in [0.05, 0.1) is 0 Å². The van der Waals surface area contributed by atoms with E-state index < -0.39 is 0 Å². The minimum Gasteiger partial charge on any atom is -0.313 e. The molecular weight excluding hydrogens is 172 g/mol. The molecule has 1 saturated carbocycles. The summed E-state index contributed by atoms with van der Waals surface area (Å²) in [5.74, 6) is 0.988. The van der Waals surface area contributed by atoms with Gasteiger partial charge in [0.25, 0.3) is 0 Å². The number of nitrogens with one attached hydrogen (secondary N) is 1. The fraction of sp³-hybridized carbons (Fsp3) is 0.833. The summed E-state index contributed by atoms with van der Waals surface area (Å²) in [5, 5.41) is 3.32. The van der Waals surface area contributed by atoms with Crippen molar-refractivity contribution < 1.29 is 0 Å². The van der Waals surface area contributed by atoms with Gasteiger partial charge in [-0.25, -0.2) is 0 Å². The standard InChI is InChI=1S/C12H24N2/c1-4-13-8-11(3)9-14(5-2)10-12-6-7-12/h12-13H,3-10H2,1-2H3. The first-order chi connectivity index (χ1) is 6.76. The van der Waals surface area contributed by atoms with E-state index in [4.69, 9.17) is 0 Å². The molecule has 1 aliphatic carbocycles. The van der Waals surface area contributed by atoms with Crippen LogP contribution in [0.3, 0.4) is 0 Å². The largest absolute Gasteiger partial charge is 0.313 e. The Balaban J connectivity index is 2.13. The lowest BCUT2D eigenvalue weighted by atomic mass is 10.2. The zero-order valence-corrected chi connectivity index (χ0v) is 9.68. The van der Waals surface area contributed by atoms with Crippen LogP contribution in [0.1, 0.15) is 26.7 Å². The van der Waals surface area contributed by atoms with E-state index in [9.17, 15) is 0 Å². The number of rotatable bonds is 8. The SMILES string of the molecule is C=C(CNCC)CN(CC)CC1CC1. The lowest BCUT2D eigenvalue weighted by Gasteiger charge is -2.21. The molecule has 0 unspecified atom stereocenters. The van der Waals surface area contributed by atoms with E-state index in [1.165, 1.54) is 25.0 Å². The van der Waals surface area contributed by atoms with Crippen molar-refractivity contribution in [3.63, 3.8) is 0 Å². The Kier molecular flexibility index (Phi) is 5.20. The second-order valence-corrected chi connectivity index (χ2v) is 4.30. The minimum absolute atomic E-state index is 0.970. The summed E-state index contributed by atoms with van der Waals surface area (Å²) in [7, 11) is 0. The number of hydrogen-bond acceptors (Lipinski definition) is 2. The fourth-order valence-corrected chi connectivity index (χ4v) is 1.64. The topological polar surface area (TPSA) is 15.3 Å². The molecule has 1 fully saturated rings. The molecule has 0 bridgehead atoms. The Hall–Kier alpha value is -0.340. The second-order valence-electron chi connectivity index (χ2n) is 4.30. The Morgan fingerprint density at radius 3 is 2.64 bits per heavy atom. The van der Waals surface area contributed by atoms with E-state index in [1.807, 2.05) is 0 Å². The summed E-state index contributed by atoms with van der Waals surface area (Å²) >= 11 is 0. The lowest BCUT2D eigenvalue weighted by molar-refractivity contribution is 0.297. The van der Waals surface area contributed by atoms with Crippen LogP contribution >= 0.6 is 0 Å². The average molecular weight is 196 g/mol. The summed E-state index contributed by atoms with van der Waals surface area (Å²) in [6.07, 6.45) is 2.88. The molecule has 14 heavy (non-hydrogen) atoms. The van der Waals surface area contributed by atoms with E-state index in [2.05, 4.69) is 30.6 Å². The average Bonchev–Trinajstić information content (AvgIpc) is 2.97. The van der Waals surface area contributed by atoms with E-state index in [0.717, 1.165) is 32.1 Å². The molecule has 0 radical (unpaired) electrons. The van der Waals surface area contributed by atoms with Gasteiger partial charge in [0, 0.05) is 19.6 Å². The van der Waals surface area contributed by atoms with E-state index in [1.54, 1.807) is 0 Å². The maximum atomic E-state index is 4.10. The molecule has 1 rings (SSSR count). The summed E-state index contributed by atoms with van der Waals surface area (Å²) in [4.78, 5) is 2.51. The summed E-state index contributed by atoms with van der Waals surface area (Å²) in [6.45, 7) is 14.0. The van der Waals surface area contributed by atoms with Crippen LogP contribution in [-0.4, -0.2) is 37.6 Å². The predicted octanol–water partition coefficient (Wildman–Crippen LogP) is 1.88. The van der Waals surface area contributed by atoms with Gasteiger partial charge in [-0.2, -0.15) is 0 Å². The van der Waals surface area contributed by atoms with Crippen molar-refractivity contribution in [2.24, 2.45) is 5.92 Å². The number of hydrogen-bond donors (Lipinski definition) is 1. The monoisotopic (exact) mass is 196 g/mol. The molecule has 0 aliphatic heterocycles. The molecule has 0 aromatic heterocycles. The summed E-state index contributed by atoms with van der Waals surface area (Å²) in [6, 6.07) is 0. The van der Waals surface area contributed by atoms with Crippen molar-refractivity contribution >= 4 is 0 Å². The van der Waals surface area contributed by atoms with Gasteiger partial charge in [-0.1, -0.05) is 20.4 Å². The molecule has 82 valence electrons. The first-order valence-electron chi connectivity index (χ1n) is 5.86. The summed E-state index contributed by atoms with van der Waals surface area (Å²) in [5.41, 5.74) is 1.31. The third-order valence-corrected chi connectivity index (χ3v) is 2.73. The third-order valence-electron chi connectivity index (χ3n) is 2.73. The Bertz CT molecular complexity index is 173. The van der Waals surface area contributed by atoms with Crippen LogP contribution in [0, 0.1) is 5.92 Å². The predicted molar refractivity (Wildman–Crippen MR) is 62.5 cm³/mol. The second kappa shape index (κ2) is 6.20. The lowest BCUT2D eigenvalue weighted by Crippen LogP contribution is -2.30. The zero-order chi connectivity index (χ0) is 10.4. The van der Waals surface area contributed by atoms with Crippen LogP contribution < -0.4 is 5.32 Å². The third kappa shape index (κ3) is 4.77. The van der Waals surface area contributed by atoms with Crippen molar-refractivity contribution in [1.82, 2.24) is 10.2 Å². The molecule has 0 spiro atoms. The highest BCUT2D eigenvalue weighted by atomic mass is 15.1. The van der Waals surface area contributed by atoms with Crippen molar-refractivity contribution in [2.45, 2.75) is 26.7 Å². The first kappa shape index (κ1) is 11.7. The van der Waals surface area contributed by atoms with Crippen LogP contribution in [-0.2, 0) is 0 Å². The van der Waals surface area contributed by atoms with Crippen LogP contribution in [0.4, 0.5) is 0 Å². The normalized spacial score (nSPS) is 16.2. The van der Waals surface area contributed by atoms with Gasteiger partial charge < -0.3 is 5.32 Å². The van der Waals surface area contributed by atoms with Gasteiger partial charge in [0.1, 0.15) is 0 Å². The zero-order valence-electron chi connectivity index (χ0n) is 9.68. The van der Waals surface area contributed by atoms with E-state index >= 15 is 0 Å². The molecule has 2 nitrogen and oxygen atoms in total. The number of nitrogens with zero attached hydrogens (tertiary/aromatic N) is 1. The van der Waals surface area contributed by atoms with Crippen molar-refractivity contribution in [3.8, 4) is 0 Å². The Labute approximate surface area is 88.4 Å². The maximum Gasteiger partial charge on any atom is 0.0202 e. The molecule has 1 N–H and O–H groups in total. The highest BCUT2D eigenvalue weighted by Gasteiger charge is 2.23. The highest BCUT2D eigenvalue weighted by Crippen LogP contribution is 2.29. The molecule has 0 amide bonds. The molecular formula is C12H24N2. The van der Waals surface area contributed by atoms with Gasteiger partial charge in [-0.3, -0.25) is 4.90 Å². The summed E-state index contributed by atoms with van der Waals surface area (Å²) < 4.78 is 0. The van der Waals surface area contributed by atoms with Crippen LogP contribution in [0.2, 0.25) is 0 Å². The molecule has 0 atom stereocenters. The maximum absolute atomic E-state index is 4.10. The van der Waals surface area contributed by atoms with E-state index in [-0.39, 0.29) is 0 Å². The Morgan fingerprint density at radius 2 is 2.14 bits per heavy atom.